The van der Waals surface area contributed by atoms with E-state index in [1.165, 1.54) is 30.5 Å². The number of hydrogen-bond donors (Lipinski definition) is 1. The third kappa shape index (κ3) is 5.90. The molecule has 2 aromatic carbocycles. The van der Waals surface area contributed by atoms with E-state index in [1.807, 2.05) is 23.6 Å². The number of anilines is 1. The number of piperidine rings is 1. The first-order valence-electron chi connectivity index (χ1n) is 11.2. The molecule has 1 atom stereocenters. The average Bonchev–Trinajstić information content (AvgIpc) is 2.85. The summed E-state index contributed by atoms with van der Waals surface area (Å²) in [6.45, 7) is 6.33. The molecule has 0 bridgehead atoms. The minimum absolute atomic E-state index is 0.0557. The van der Waals surface area contributed by atoms with Crippen molar-refractivity contribution in [3.63, 3.8) is 0 Å². The van der Waals surface area contributed by atoms with E-state index in [2.05, 4.69) is 9.93 Å². The molecule has 3 rings (SSSR count). The Kier molecular flexibility index (Phi) is 8.21. The molecule has 34 heavy (non-hydrogen) atoms. The van der Waals surface area contributed by atoms with Crippen LogP contribution in [0.5, 0.6) is 0 Å². The van der Waals surface area contributed by atoms with Gasteiger partial charge in [0.05, 0.1) is 22.0 Å². The Balaban J connectivity index is 1.86. The van der Waals surface area contributed by atoms with Gasteiger partial charge in [-0.1, -0.05) is 18.2 Å². The molecule has 1 aliphatic rings. The third-order valence-corrected chi connectivity index (χ3v) is 7.08. The van der Waals surface area contributed by atoms with E-state index < -0.39 is 14.9 Å². The SMILES string of the molecule is CCN(CC)C(=O)C1CCCN(c2ccc([N+](=O)[O-])cc2C=NNS(=O)(=O)c2ccccc2)C1. The van der Waals surface area contributed by atoms with Crippen LogP contribution >= 0.6 is 0 Å². The number of benzene rings is 2. The van der Waals surface area contributed by atoms with Crippen molar-refractivity contribution in [2.45, 2.75) is 31.6 Å². The molecule has 1 fully saturated rings. The number of sulfonamides is 1. The van der Waals surface area contributed by atoms with Gasteiger partial charge < -0.3 is 9.80 Å². The Morgan fingerprint density at radius 1 is 1.24 bits per heavy atom. The number of carbonyl (C=O) groups excluding carboxylic acids is 1. The van der Waals surface area contributed by atoms with Crippen LogP contribution in [-0.2, 0) is 14.8 Å². The monoisotopic (exact) mass is 487 g/mol. The van der Waals surface area contributed by atoms with Crippen molar-refractivity contribution in [3.05, 3.63) is 64.2 Å². The third-order valence-electron chi connectivity index (χ3n) is 5.84. The van der Waals surface area contributed by atoms with E-state index in [9.17, 15) is 23.3 Å². The molecule has 182 valence electrons. The summed E-state index contributed by atoms with van der Waals surface area (Å²) in [5.41, 5.74) is 0.912. The van der Waals surface area contributed by atoms with Gasteiger partial charge in [0, 0.05) is 49.6 Å². The van der Waals surface area contributed by atoms with Crippen molar-refractivity contribution in [1.82, 2.24) is 9.73 Å². The molecule has 1 N–H and O–H groups in total. The van der Waals surface area contributed by atoms with Crippen LogP contribution in [0.25, 0.3) is 0 Å². The van der Waals surface area contributed by atoms with E-state index in [0.717, 1.165) is 12.8 Å². The standard InChI is InChI=1S/C23H29N5O5S/c1-3-26(4-2)23(29)18-9-8-14-27(17-18)22-13-12-20(28(30)31)15-19(22)16-24-25-34(32,33)21-10-6-5-7-11-21/h5-7,10-13,15-16,18,25H,3-4,8-9,14,17H2,1-2H3. The van der Waals surface area contributed by atoms with Gasteiger partial charge in [-0.25, -0.2) is 4.83 Å². The highest BCUT2D eigenvalue weighted by Gasteiger charge is 2.29. The normalized spacial score (nSPS) is 16.4. The predicted octanol–water partition coefficient (Wildman–Crippen LogP) is 2.99. The van der Waals surface area contributed by atoms with Crippen molar-refractivity contribution in [3.8, 4) is 0 Å². The quantitative estimate of drug-likeness (QED) is 0.329. The second-order valence-electron chi connectivity index (χ2n) is 7.96. The summed E-state index contributed by atoms with van der Waals surface area (Å²) in [6, 6.07) is 12.2. The van der Waals surface area contributed by atoms with E-state index in [0.29, 0.717) is 37.4 Å². The van der Waals surface area contributed by atoms with E-state index in [1.54, 1.807) is 24.3 Å². The van der Waals surface area contributed by atoms with Gasteiger partial charge in [0.1, 0.15) is 0 Å². The molecule has 0 saturated carbocycles. The zero-order chi connectivity index (χ0) is 24.7. The number of hydrazone groups is 1. The summed E-state index contributed by atoms with van der Waals surface area (Å²) in [5.74, 6) is -0.0762. The van der Waals surface area contributed by atoms with Crippen LogP contribution in [0.15, 0.2) is 58.5 Å². The highest BCUT2D eigenvalue weighted by atomic mass is 32.2. The first kappa shape index (κ1) is 25.2. The fraction of sp³-hybridized carbons (Fsp3) is 0.391. The summed E-state index contributed by atoms with van der Waals surface area (Å²) in [5, 5.41) is 15.2. The molecule has 1 aliphatic heterocycles. The van der Waals surface area contributed by atoms with Gasteiger partial charge in [0.25, 0.3) is 15.7 Å². The number of rotatable bonds is 9. The summed E-state index contributed by atoms with van der Waals surface area (Å²) in [6.07, 6.45) is 2.84. The first-order valence-corrected chi connectivity index (χ1v) is 12.7. The van der Waals surface area contributed by atoms with Crippen molar-refractivity contribution in [2.24, 2.45) is 11.0 Å². The van der Waals surface area contributed by atoms with Crippen LogP contribution < -0.4 is 9.73 Å². The molecule has 1 saturated heterocycles. The lowest BCUT2D eigenvalue weighted by Gasteiger charge is -2.36. The van der Waals surface area contributed by atoms with Crippen molar-refractivity contribution in [2.75, 3.05) is 31.1 Å². The molecule has 0 spiro atoms. The van der Waals surface area contributed by atoms with Crippen LogP contribution in [0.4, 0.5) is 11.4 Å². The van der Waals surface area contributed by atoms with Crippen LogP contribution in [0, 0.1) is 16.0 Å². The van der Waals surface area contributed by atoms with Crippen LogP contribution in [0.2, 0.25) is 0 Å². The average molecular weight is 488 g/mol. The van der Waals surface area contributed by atoms with E-state index in [4.69, 9.17) is 0 Å². The molecule has 1 unspecified atom stereocenters. The number of nitro groups is 1. The summed E-state index contributed by atoms with van der Waals surface area (Å²) < 4.78 is 24.9. The van der Waals surface area contributed by atoms with Gasteiger partial charge in [-0.05, 0) is 44.9 Å². The maximum absolute atomic E-state index is 12.9. The fourth-order valence-corrected chi connectivity index (χ4v) is 4.87. The number of nitrogens with one attached hydrogen (secondary N) is 1. The molecule has 10 nitrogen and oxygen atoms in total. The van der Waals surface area contributed by atoms with Gasteiger partial charge in [-0.2, -0.15) is 13.5 Å². The van der Waals surface area contributed by atoms with E-state index >= 15 is 0 Å². The molecule has 1 heterocycles. The van der Waals surface area contributed by atoms with Gasteiger partial charge in [0.15, 0.2) is 0 Å². The zero-order valence-electron chi connectivity index (χ0n) is 19.3. The summed E-state index contributed by atoms with van der Waals surface area (Å²) >= 11 is 0. The lowest BCUT2D eigenvalue weighted by molar-refractivity contribution is -0.384. The second-order valence-corrected chi connectivity index (χ2v) is 9.62. The highest BCUT2D eigenvalue weighted by Crippen LogP contribution is 2.29. The maximum Gasteiger partial charge on any atom is 0.276 e. The lowest BCUT2D eigenvalue weighted by Crippen LogP contribution is -2.45. The largest absolute Gasteiger partial charge is 0.370 e. The maximum atomic E-state index is 12.9. The second kappa shape index (κ2) is 11.1. The smallest absolute Gasteiger partial charge is 0.276 e. The number of amides is 1. The van der Waals surface area contributed by atoms with Gasteiger partial charge in [0.2, 0.25) is 5.91 Å². The number of carbonyl (C=O) groups is 1. The molecule has 11 heteroatoms. The van der Waals surface area contributed by atoms with Crippen molar-refractivity contribution < 1.29 is 18.1 Å². The predicted molar refractivity (Wildman–Crippen MR) is 130 cm³/mol. The Morgan fingerprint density at radius 3 is 2.59 bits per heavy atom. The molecule has 0 radical (unpaired) electrons. The van der Waals surface area contributed by atoms with Gasteiger partial charge >= 0.3 is 0 Å². The van der Waals surface area contributed by atoms with Crippen molar-refractivity contribution >= 4 is 33.5 Å². The number of hydrogen-bond acceptors (Lipinski definition) is 7. The topological polar surface area (TPSA) is 125 Å². The van der Waals surface area contributed by atoms with Crippen LogP contribution in [-0.4, -0.2) is 56.5 Å². The molecular formula is C23H29N5O5S. The summed E-state index contributed by atoms with van der Waals surface area (Å²) in [7, 11) is -3.88. The van der Waals surface area contributed by atoms with Crippen LogP contribution in [0.1, 0.15) is 32.3 Å². The van der Waals surface area contributed by atoms with Crippen LogP contribution in [0.3, 0.4) is 0 Å². The Hall–Kier alpha value is -3.47. The molecule has 0 aromatic heterocycles. The minimum atomic E-state index is -3.88. The van der Waals surface area contributed by atoms with Crippen molar-refractivity contribution in [1.29, 1.82) is 0 Å². The Morgan fingerprint density at radius 2 is 1.94 bits per heavy atom. The molecule has 1 amide bonds. The number of nitro benzene ring substituents is 1. The van der Waals surface area contributed by atoms with Gasteiger partial charge in [-0.15, -0.1) is 0 Å². The Bertz CT molecular complexity index is 1150. The number of non-ortho nitro benzene ring substituents is 1. The van der Waals surface area contributed by atoms with Gasteiger partial charge in [-0.3, -0.25) is 14.9 Å². The minimum Gasteiger partial charge on any atom is -0.370 e. The number of nitrogens with zero attached hydrogens (tertiary/aromatic N) is 4. The molecule has 2 aromatic rings. The van der Waals surface area contributed by atoms with E-state index in [-0.39, 0.29) is 22.4 Å². The molecular weight excluding hydrogens is 458 g/mol. The zero-order valence-corrected chi connectivity index (χ0v) is 20.1. The highest BCUT2D eigenvalue weighted by molar-refractivity contribution is 7.89. The summed E-state index contributed by atoms with van der Waals surface area (Å²) in [4.78, 5) is 29.7. The first-order chi connectivity index (χ1) is 16.3. The lowest BCUT2D eigenvalue weighted by atomic mass is 9.95. The Labute approximate surface area is 199 Å². The fourth-order valence-electron chi connectivity index (χ4n) is 4.06. The molecule has 0 aliphatic carbocycles.